The molecule has 3 N–H and O–H groups in total. The fourth-order valence-electron chi connectivity index (χ4n) is 2.05. The number of amides is 1. The minimum absolute atomic E-state index is 0.0605. The van der Waals surface area contributed by atoms with Crippen LogP contribution in [0, 0.1) is 0 Å². The summed E-state index contributed by atoms with van der Waals surface area (Å²) in [6.45, 7) is 3.53. The topological polar surface area (TPSA) is 55.1 Å². The second-order valence-corrected chi connectivity index (χ2v) is 5.09. The summed E-state index contributed by atoms with van der Waals surface area (Å²) in [5, 5.41) is 2.55. The highest BCUT2D eigenvalue weighted by molar-refractivity contribution is 7.80. The van der Waals surface area contributed by atoms with Crippen LogP contribution < -0.4 is 11.1 Å². The van der Waals surface area contributed by atoms with Gasteiger partial charge in [0.1, 0.15) is 0 Å². The maximum Gasteiger partial charge on any atom is 0.417 e. The summed E-state index contributed by atoms with van der Waals surface area (Å²) in [5.74, 6) is -0.834. The average molecular weight is 318 g/mol. The maximum atomic E-state index is 12.9. The molecular formula is C14H17F3N2OS. The third-order valence-electron chi connectivity index (χ3n) is 3.51. The summed E-state index contributed by atoms with van der Waals surface area (Å²) in [4.78, 5) is 12.3. The van der Waals surface area contributed by atoms with Crippen LogP contribution in [0.25, 0.3) is 0 Å². The molecule has 0 bridgehead atoms. The van der Waals surface area contributed by atoms with Gasteiger partial charge in [-0.15, -0.1) is 0 Å². The summed E-state index contributed by atoms with van der Waals surface area (Å²) < 4.78 is 38.8. The van der Waals surface area contributed by atoms with E-state index in [4.69, 9.17) is 18.0 Å². The number of nitrogens with two attached hydrogens (primary N) is 1. The minimum atomic E-state index is -4.60. The van der Waals surface area contributed by atoms with Gasteiger partial charge in [-0.2, -0.15) is 13.2 Å². The van der Waals surface area contributed by atoms with Crippen LogP contribution in [0.1, 0.15) is 42.6 Å². The van der Waals surface area contributed by atoms with Crippen LogP contribution in [0.5, 0.6) is 0 Å². The molecule has 0 fully saturated rings. The molecule has 0 spiro atoms. The van der Waals surface area contributed by atoms with E-state index in [9.17, 15) is 18.0 Å². The Bertz CT molecular complexity index is 539. The van der Waals surface area contributed by atoms with Crippen molar-refractivity contribution in [3.63, 3.8) is 0 Å². The van der Waals surface area contributed by atoms with Crippen molar-refractivity contribution >= 4 is 23.1 Å². The molecule has 7 heteroatoms. The van der Waals surface area contributed by atoms with Gasteiger partial charge in [0, 0.05) is 0 Å². The molecule has 0 saturated heterocycles. The van der Waals surface area contributed by atoms with Crippen molar-refractivity contribution in [3.8, 4) is 0 Å². The van der Waals surface area contributed by atoms with E-state index in [1.165, 1.54) is 12.1 Å². The van der Waals surface area contributed by atoms with E-state index in [1.807, 2.05) is 0 Å². The summed E-state index contributed by atoms with van der Waals surface area (Å²) >= 11 is 4.94. The van der Waals surface area contributed by atoms with Crippen molar-refractivity contribution in [1.82, 2.24) is 5.32 Å². The van der Waals surface area contributed by atoms with Gasteiger partial charge >= 0.3 is 6.18 Å². The largest absolute Gasteiger partial charge is 0.417 e. The van der Waals surface area contributed by atoms with Crippen molar-refractivity contribution in [2.75, 3.05) is 0 Å². The molecule has 0 unspecified atom stereocenters. The number of hydrogen-bond acceptors (Lipinski definition) is 2. The van der Waals surface area contributed by atoms with Gasteiger partial charge < -0.3 is 11.1 Å². The van der Waals surface area contributed by atoms with E-state index in [1.54, 1.807) is 13.8 Å². The molecule has 1 aromatic carbocycles. The van der Waals surface area contributed by atoms with Crippen LogP contribution in [-0.2, 0) is 6.18 Å². The molecular weight excluding hydrogens is 301 g/mol. The Labute approximate surface area is 126 Å². The van der Waals surface area contributed by atoms with Crippen LogP contribution in [0.4, 0.5) is 13.2 Å². The number of benzene rings is 1. The number of hydrogen-bond donors (Lipinski definition) is 2. The molecule has 0 aliphatic carbocycles. The highest BCUT2D eigenvalue weighted by atomic mass is 32.1. The van der Waals surface area contributed by atoms with Gasteiger partial charge in [-0.3, -0.25) is 4.79 Å². The van der Waals surface area contributed by atoms with Gasteiger partial charge in [-0.1, -0.05) is 38.2 Å². The SMILES string of the molecule is CCC(CC)(NC(=O)c1ccccc1C(F)(F)F)C(N)=S. The lowest BCUT2D eigenvalue weighted by atomic mass is 9.92. The molecule has 21 heavy (non-hydrogen) atoms. The molecule has 1 aromatic rings. The third kappa shape index (κ3) is 3.72. The first kappa shape index (κ1) is 17.4. The standard InChI is InChI=1S/C14H17F3N2OS/c1-3-13(4-2,12(18)21)19-11(20)9-7-5-6-8-10(9)14(15,16)17/h5-8H,3-4H2,1-2H3,(H2,18,21)(H,19,20). The minimum Gasteiger partial charge on any atom is -0.391 e. The summed E-state index contributed by atoms with van der Waals surface area (Å²) in [5.41, 5.74) is 3.24. The van der Waals surface area contributed by atoms with Crippen molar-refractivity contribution in [1.29, 1.82) is 0 Å². The summed E-state index contributed by atoms with van der Waals surface area (Å²) in [7, 11) is 0. The zero-order valence-electron chi connectivity index (χ0n) is 11.8. The van der Waals surface area contributed by atoms with Gasteiger partial charge in [0.25, 0.3) is 5.91 Å². The first-order valence-corrected chi connectivity index (χ1v) is 6.87. The highest BCUT2D eigenvalue weighted by Gasteiger charge is 2.37. The maximum absolute atomic E-state index is 12.9. The van der Waals surface area contributed by atoms with Crippen molar-refractivity contribution in [3.05, 3.63) is 35.4 Å². The highest BCUT2D eigenvalue weighted by Crippen LogP contribution is 2.32. The fourth-order valence-corrected chi connectivity index (χ4v) is 2.39. The van der Waals surface area contributed by atoms with E-state index >= 15 is 0 Å². The summed E-state index contributed by atoms with van der Waals surface area (Å²) in [6.07, 6.45) is -3.80. The lowest BCUT2D eigenvalue weighted by molar-refractivity contribution is -0.137. The number of carbonyl (C=O) groups is 1. The fraction of sp³-hybridized carbons (Fsp3) is 0.429. The van der Waals surface area contributed by atoms with E-state index in [0.29, 0.717) is 12.8 Å². The Kier molecular flexibility index (Phi) is 5.33. The van der Waals surface area contributed by atoms with Crippen molar-refractivity contribution in [2.24, 2.45) is 5.73 Å². The molecule has 0 atom stereocenters. The Hall–Kier alpha value is -1.63. The van der Waals surface area contributed by atoms with Gasteiger partial charge in [-0.25, -0.2) is 0 Å². The Morgan fingerprint density at radius 2 is 1.76 bits per heavy atom. The summed E-state index contributed by atoms with van der Waals surface area (Å²) in [6, 6.07) is 4.62. The van der Waals surface area contributed by atoms with Gasteiger partial charge in [0.05, 0.1) is 21.7 Å². The molecule has 3 nitrogen and oxygen atoms in total. The van der Waals surface area contributed by atoms with Crippen LogP contribution in [0.15, 0.2) is 24.3 Å². The zero-order chi connectivity index (χ0) is 16.3. The normalized spacial score (nSPS) is 12.0. The van der Waals surface area contributed by atoms with Gasteiger partial charge in [0.2, 0.25) is 0 Å². The van der Waals surface area contributed by atoms with E-state index < -0.39 is 28.7 Å². The molecule has 0 radical (unpaired) electrons. The predicted octanol–water partition coefficient (Wildman–Crippen LogP) is 3.28. The monoisotopic (exact) mass is 318 g/mol. The number of nitrogens with one attached hydrogen (secondary N) is 1. The average Bonchev–Trinajstić information content (AvgIpc) is 2.43. The van der Waals surface area contributed by atoms with Gasteiger partial charge in [-0.05, 0) is 25.0 Å². The first-order valence-electron chi connectivity index (χ1n) is 6.46. The number of carbonyl (C=O) groups excluding carboxylic acids is 1. The quantitative estimate of drug-likeness (QED) is 0.819. The lowest BCUT2D eigenvalue weighted by Gasteiger charge is -2.32. The van der Waals surface area contributed by atoms with Gasteiger partial charge in [0.15, 0.2) is 0 Å². The van der Waals surface area contributed by atoms with Crippen molar-refractivity contribution in [2.45, 2.75) is 38.4 Å². The molecule has 0 aromatic heterocycles. The second-order valence-electron chi connectivity index (χ2n) is 4.65. The molecule has 0 saturated carbocycles. The lowest BCUT2D eigenvalue weighted by Crippen LogP contribution is -2.56. The molecule has 0 heterocycles. The molecule has 1 amide bonds. The Morgan fingerprint density at radius 1 is 1.24 bits per heavy atom. The van der Waals surface area contributed by atoms with E-state index in [2.05, 4.69) is 5.32 Å². The molecule has 0 aliphatic rings. The Balaban J connectivity index is 3.19. The van der Waals surface area contributed by atoms with Crippen LogP contribution in [0.2, 0.25) is 0 Å². The molecule has 1 rings (SSSR count). The van der Waals surface area contributed by atoms with E-state index in [0.717, 1.165) is 12.1 Å². The molecule has 116 valence electrons. The van der Waals surface area contributed by atoms with E-state index in [-0.39, 0.29) is 4.99 Å². The smallest absolute Gasteiger partial charge is 0.391 e. The van der Waals surface area contributed by atoms with Crippen LogP contribution in [0.3, 0.4) is 0 Å². The number of rotatable bonds is 5. The Morgan fingerprint density at radius 3 is 2.19 bits per heavy atom. The second kappa shape index (κ2) is 6.43. The third-order valence-corrected chi connectivity index (χ3v) is 3.90. The van der Waals surface area contributed by atoms with Crippen molar-refractivity contribution < 1.29 is 18.0 Å². The molecule has 0 aliphatic heterocycles. The first-order chi connectivity index (χ1) is 9.68. The van der Waals surface area contributed by atoms with Crippen LogP contribution in [-0.4, -0.2) is 16.4 Å². The number of halogens is 3. The zero-order valence-corrected chi connectivity index (χ0v) is 12.6. The number of alkyl halides is 3. The van der Waals surface area contributed by atoms with Crippen LogP contribution >= 0.6 is 12.2 Å². The predicted molar refractivity (Wildman–Crippen MR) is 79.0 cm³/mol. The number of thiocarbonyl (C=S) groups is 1.